The van der Waals surface area contributed by atoms with E-state index in [9.17, 15) is 4.79 Å². The lowest BCUT2D eigenvalue weighted by Crippen LogP contribution is -2.15. The average molecular weight is 397 g/mol. The molecule has 8 nitrogen and oxygen atoms in total. The number of benzene rings is 2. The van der Waals surface area contributed by atoms with Gasteiger partial charge in [-0.1, -0.05) is 36.0 Å². The predicted octanol–water partition coefficient (Wildman–Crippen LogP) is 3.01. The third kappa shape index (κ3) is 3.53. The van der Waals surface area contributed by atoms with Gasteiger partial charge < -0.3 is 5.32 Å². The fourth-order valence-electron chi connectivity index (χ4n) is 2.77. The number of para-hydroxylation sites is 1. The van der Waals surface area contributed by atoms with Crippen molar-refractivity contribution in [2.75, 3.05) is 11.1 Å². The molecule has 0 atom stereocenters. The summed E-state index contributed by atoms with van der Waals surface area (Å²) in [6.07, 6.45) is 0. The van der Waals surface area contributed by atoms with Gasteiger partial charge in [-0.2, -0.15) is 13.4 Å². The largest absolute Gasteiger partial charge is 0.323 e. The molecular weight excluding hydrogens is 382 g/mol. The Morgan fingerprint density at radius 1 is 1.15 bits per heavy atom. The first-order valence-electron chi connectivity index (χ1n) is 8.12. The first-order chi connectivity index (χ1) is 13.1. The van der Waals surface area contributed by atoms with E-state index >= 15 is 0 Å². The standard InChI is InChI=1S/C17H15N7OS2/c1-10-5-3-6-11(2)16(10)24-17(19-22-23-24)26-9-14(25)18-12-7-4-8-13-15(12)21-27-20-13/h3-8H,9H2,1-2H3,(H,18,25). The number of hydrogen-bond acceptors (Lipinski definition) is 8. The maximum absolute atomic E-state index is 12.4. The van der Waals surface area contributed by atoms with Crippen molar-refractivity contribution in [3.05, 3.63) is 47.5 Å². The number of amides is 1. The Hall–Kier alpha value is -2.85. The Morgan fingerprint density at radius 3 is 2.74 bits per heavy atom. The Labute approximate surface area is 163 Å². The number of carbonyl (C=O) groups excluding carboxylic acids is 1. The molecule has 0 aliphatic heterocycles. The van der Waals surface area contributed by atoms with Gasteiger partial charge in [0.2, 0.25) is 11.1 Å². The third-order valence-corrected chi connectivity index (χ3v) is 5.45. The van der Waals surface area contributed by atoms with Crippen LogP contribution in [0.4, 0.5) is 5.69 Å². The minimum absolute atomic E-state index is 0.156. The van der Waals surface area contributed by atoms with Crippen molar-refractivity contribution in [2.24, 2.45) is 0 Å². The highest BCUT2D eigenvalue weighted by Crippen LogP contribution is 2.24. The first kappa shape index (κ1) is 17.6. The molecule has 0 radical (unpaired) electrons. The van der Waals surface area contributed by atoms with Crippen LogP contribution in [0.15, 0.2) is 41.6 Å². The molecule has 1 amide bonds. The summed E-state index contributed by atoms with van der Waals surface area (Å²) in [4.78, 5) is 12.4. The van der Waals surface area contributed by atoms with Crippen LogP contribution < -0.4 is 5.32 Å². The fraction of sp³-hybridized carbons (Fsp3) is 0.176. The molecule has 27 heavy (non-hydrogen) atoms. The molecule has 0 aliphatic rings. The molecule has 0 aliphatic carbocycles. The molecule has 4 rings (SSSR count). The quantitative estimate of drug-likeness (QED) is 0.517. The van der Waals surface area contributed by atoms with Crippen LogP contribution in [0.1, 0.15) is 11.1 Å². The number of tetrazole rings is 1. The maximum Gasteiger partial charge on any atom is 0.234 e. The second-order valence-electron chi connectivity index (χ2n) is 5.89. The zero-order valence-corrected chi connectivity index (χ0v) is 16.2. The Bertz CT molecular complexity index is 1100. The van der Waals surface area contributed by atoms with E-state index in [4.69, 9.17) is 0 Å². The number of nitrogens with zero attached hydrogens (tertiary/aromatic N) is 6. The fourth-order valence-corrected chi connectivity index (χ4v) is 4.00. The van der Waals surface area contributed by atoms with Gasteiger partial charge in [0.05, 0.1) is 28.9 Å². The summed E-state index contributed by atoms with van der Waals surface area (Å²) < 4.78 is 10.1. The Balaban J connectivity index is 1.49. The molecular formula is C17H15N7OS2. The normalized spacial score (nSPS) is 11.0. The van der Waals surface area contributed by atoms with E-state index in [0.717, 1.165) is 34.1 Å². The Kier molecular flexibility index (Phi) is 4.82. The second-order valence-corrected chi connectivity index (χ2v) is 7.36. The lowest BCUT2D eigenvalue weighted by Gasteiger charge is -2.10. The monoisotopic (exact) mass is 397 g/mol. The van der Waals surface area contributed by atoms with Gasteiger partial charge in [-0.15, -0.1) is 5.10 Å². The molecule has 10 heteroatoms. The molecule has 0 unspecified atom stereocenters. The molecule has 2 aromatic carbocycles. The zero-order chi connectivity index (χ0) is 18.8. The van der Waals surface area contributed by atoms with E-state index in [-0.39, 0.29) is 11.7 Å². The summed E-state index contributed by atoms with van der Waals surface area (Å²) in [5, 5.41) is 15.4. The molecule has 2 aromatic heterocycles. The lowest BCUT2D eigenvalue weighted by atomic mass is 10.1. The van der Waals surface area contributed by atoms with Crippen LogP contribution in [-0.4, -0.2) is 40.6 Å². The van der Waals surface area contributed by atoms with Crippen LogP contribution in [0.2, 0.25) is 0 Å². The van der Waals surface area contributed by atoms with E-state index in [1.807, 2.05) is 50.2 Å². The van der Waals surface area contributed by atoms with Crippen molar-refractivity contribution in [1.29, 1.82) is 0 Å². The molecule has 136 valence electrons. The summed E-state index contributed by atoms with van der Waals surface area (Å²) in [7, 11) is 0. The topological polar surface area (TPSA) is 98.5 Å². The number of rotatable bonds is 5. The highest BCUT2D eigenvalue weighted by Gasteiger charge is 2.15. The highest BCUT2D eigenvalue weighted by atomic mass is 32.2. The summed E-state index contributed by atoms with van der Waals surface area (Å²) in [6, 6.07) is 11.5. The lowest BCUT2D eigenvalue weighted by molar-refractivity contribution is -0.113. The van der Waals surface area contributed by atoms with E-state index in [0.29, 0.717) is 16.4 Å². The van der Waals surface area contributed by atoms with Crippen molar-refractivity contribution in [1.82, 2.24) is 29.0 Å². The molecule has 2 heterocycles. The van der Waals surface area contributed by atoms with Crippen LogP contribution in [-0.2, 0) is 4.79 Å². The van der Waals surface area contributed by atoms with Gasteiger partial charge in [0.25, 0.3) is 0 Å². The molecule has 0 saturated heterocycles. The van der Waals surface area contributed by atoms with Crippen molar-refractivity contribution in [3.8, 4) is 5.69 Å². The van der Waals surface area contributed by atoms with E-state index < -0.39 is 0 Å². The van der Waals surface area contributed by atoms with Gasteiger partial charge >= 0.3 is 0 Å². The smallest absolute Gasteiger partial charge is 0.234 e. The first-order valence-corrected chi connectivity index (χ1v) is 9.84. The van der Waals surface area contributed by atoms with E-state index in [1.54, 1.807) is 4.68 Å². The average Bonchev–Trinajstić information content (AvgIpc) is 3.30. The highest BCUT2D eigenvalue weighted by molar-refractivity contribution is 7.99. The van der Waals surface area contributed by atoms with Crippen LogP contribution in [0.5, 0.6) is 0 Å². The second kappa shape index (κ2) is 7.41. The van der Waals surface area contributed by atoms with Crippen LogP contribution in [0, 0.1) is 13.8 Å². The Morgan fingerprint density at radius 2 is 1.93 bits per heavy atom. The van der Waals surface area contributed by atoms with Crippen LogP contribution >= 0.6 is 23.5 Å². The van der Waals surface area contributed by atoms with E-state index in [1.165, 1.54) is 11.8 Å². The summed E-state index contributed by atoms with van der Waals surface area (Å²) >= 11 is 2.40. The molecule has 1 N–H and O–H groups in total. The van der Waals surface area contributed by atoms with Gasteiger partial charge in [-0.3, -0.25) is 4.79 Å². The van der Waals surface area contributed by atoms with Gasteiger partial charge in [0, 0.05) is 0 Å². The van der Waals surface area contributed by atoms with Crippen molar-refractivity contribution in [2.45, 2.75) is 19.0 Å². The molecule has 0 saturated carbocycles. The number of nitrogens with one attached hydrogen (secondary N) is 1. The minimum atomic E-state index is -0.156. The predicted molar refractivity (Wildman–Crippen MR) is 105 cm³/mol. The molecule has 4 aromatic rings. The third-order valence-electron chi connectivity index (χ3n) is 3.98. The summed E-state index contributed by atoms with van der Waals surface area (Å²) in [5.74, 6) is 0.0238. The number of fused-ring (bicyclic) bond motifs is 1. The van der Waals surface area contributed by atoms with Gasteiger partial charge in [-0.05, 0) is 47.5 Å². The van der Waals surface area contributed by atoms with Crippen molar-refractivity contribution >= 4 is 46.1 Å². The SMILES string of the molecule is Cc1cccc(C)c1-n1nnnc1SCC(=O)Nc1cccc2nsnc12. The number of anilines is 1. The van der Waals surface area contributed by atoms with Gasteiger partial charge in [-0.25, -0.2) is 0 Å². The van der Waals surface area contributed by atoms with Crippen molar-refractivity contribution < 1.29 is 4.79 Å². The van der Waals surface area contributed by atoms with Crippen LogP contribution in [0.3, 0.4) is 0 Å². The number of aryl methyl sites for hydroxylation is 2. The molecule has 0 bridgehead atoms. The molecule has 0 fully saturated rings. The number of carbonyl (C=O) groups is 1. The minimum Gasteiger partial charge on any atom is -0.323 e. The van der Waals surface area contributed by atoms with Gasteiger partial charge in [0.15, 0.2) is 0 Å². The van der Waals surface area contributed by atoms with Gasteiger partial charge in [0.1, 0.15) is 11.0 Å². The number of hydrogen-bond donors (Lipinski definition) is 1. The summed E-state index contributed by atoms with van der Waals surface area (Å²) in [5.41, 5.74) is 5.18. The maximum atomic E-state index is 12.4. The van der Waals surface area contributed by atoms with Crippen LogP contribution in [0.25, 0.3) is 16.7 Å². The molecule has 0 spiro atoms. The zero-order valence-electron chi connectivity index (χ0n) is 14.6. The number of thioether (sulfide) groups is 1. The summed E-state index contributed by atoms with van der Waals surface area (Å²) in [6.45, 7) is 4.02. The van der Waals surface area contributed by atoms with E-state index in [2.05, 4.69) is 29.6 Å². The van der Waals surface area contributed by atoms with Crippen molar-refractivity contribution in [3.63, 3.8) is 0 Å². The number of aromatic nitrogens is 6.